The van der Waals surface area contributed by atoms with Crippen LogP contribution in [0.25, 0.3) is 0 Å². The Hall–Kier alpha value is -2.35. The zero-order valence-corrected chi connectivity index (χ0v) is 15.7. The maximum absolute atomic E-state index is 12.6. The van der Waals surface area contributed by atoms with Crippen LogP contribution in [0.5, 0.6) is 0 Å². The van der Waals surface area contributed by atoms with Crippen LogP contribution in [0.15, 0.2) is 22.8 Å². The van der Waals surface area contributed by atoms with E-state index in [1.54, 1.807) is 21.9 Å². The van der Waals surface area contributed by atoms with Gasteiger partial charge in [-0.1, -0.05) is 0 Å². The Balaban J connectivity index is 1.47. The number of amides is 3. The van der Waals surface area contributed by atoms with Crippen molar-refractivity contribution in [2.24, 2.45) is 5.92 Å². The predicted molar refractivity (Wildman–Crippen MR) is 97.0 cm³/mol. The van der Waals surface area contributed by atoms with E-state index in [9.17, 15) is 14.4 Å². The van der Waals surface area contributed by atoms with E-state index < -0.39 is 0 Å². The number of nitrogens with zero attached hydrogens (tertiary/aromatic N) is 2. The molecule has 8 heteroatoms. The first-order valence-corrected chi connectivity index (χ1v) is 9.48. The largest absolute Gasteiger partial charge is 0.459 e. The van der Waals surface area contributed by atoms with Gasteiger partial charge in [0, 0.05) is 45.2 Å². The van der Waals surface area contributed by atoms with Crippen LogP contribution in [-0.4, -0.2) is 73.5 Å². The van der Waals surface area contributed by atoms with Gasteiger partial charge in [0.05, 0.1) is 6.26 Å². The quantitative estimate of drug-likeness (QED) is 0.823. The third kappa shape index (κ3) is 4.88. The van der Waals surface area contributed by atoms with Gasteiger partial charge in [-0.25, -0.2) is 0 Å². The Kier molecular flexibility index (Phi) is 6.49. The fourth-order valence-electron chi connectivity index (χ4n) is 3.76. The Labute approximate surface area is 158 Å². The average molecular weight is 377 g/mol. The van der Waals surface area contributed by atoms with E-state index in [0.29, 0.717) is 44.8 Å². The van der Waals surface area contributed by atoms with Crippen LogP contribution in [-0.2, 0) is 14.3 Å². The van der Waals surface area contributed by atoms with Crippen molar-refractivity contribution in [1.82, 2.24) is 15.1 Å². The normalized spacial score (nSPS) is 21.1. The summed E-state index contributed by atoms with van der Waals surface area (Å²) < 4.78 is 10.1. The number of furan rings is 1. The zero-order chi connectivity index (χ0) is 19.2. The van der Waals surface area contributed by atoms with Gasteiger partial charge < -0.3 is 24.3 Å². The lowest BCUT2D eigenvalue weighted by atomic mass is 9.94. The number of piperidine rings is 2. The molecule has 2 aliphatic heterocycles. The topological polar surface area (TPSA) is 92.1 Å². The lowest BCUT2D eigenvalue weighted by molar-refractivity contribution is -0.139. The summed E-state index contributed by atoms with van der Waals surface area (Å²) in [5.41, 5.74) is 0. The highest BCUT2D eigenvalue weighted by Crippen LogP contribution is 2.19. The van der Waals surface area contributed by atoms with E-state index in [-0.39, 0.29) is 36.3 Å². The Morgan fingerprint density at radius 2 is 1.96 bits per heavy atom. The highest BCUT2D eigenvalue weighted by atomic mass is 16.5. The molecular formula is C19H27N3O5. The summed E-state index contributed by atoms with van der Waals surface area (Å²) in [6.07, 6.45) is 4.51. The number of methoxy groups -OCH3 is 1. The first-order chi connectivity index (χ1) is 13.1. The third-order valence-corrected chi connectivity index (χ3v) is 5.27. The summed E-state index contributed by atoms with van der Waals surface area (Å²) >= 11 is 0. The van der Waals surface area contributed by atoms with Gasteiger partial charge in [0.1, 0.15) is 6.61 Å². The smallest absolute Gasteiger partial charge is 0.289 e. The molecule has 1 N–H and O–H groups in total. The molecule has 0 aliphatic carbocycles. The number of rotatable bonds is 5. The second-order valence-electron chi connectivity index (χ2n) is 7.16. The van der Waals surface area contributed by atoms with Gasteiger partial charge in [-0.05, 0) is 37.8 Å². The van der Waals surface area contributed by atoms with E-state index in [1.165, 1.54) is 13.4 Å². The van der Waals surface area contributed by atoms with Crippen molar-refractivity contribution >= 4 is 17.7 Å². The van der Waals surface area contributed by atoms with Crippen LogP contribution >= 0.6 is 0 Å². The van der Waals surface area contributed by atoms with Crippen molar-refractivity contribution < 1.29 is 23.5 Å². The molecule has 0 bridgehead atoms. The number of carbonyl (C=O) groups is 3. The van der Waals surface area contributed by atoms with Crippen LogP contribution < -0.4 is 5.32 Å². The molecule has 27 heavy (non-hydrogen) atoms. The van der Waals surface area contributed by atoms with Crippen LogP contribution in [0.1, 0.15) is 36.2 Å². The predicted octanol–water partition coefficient (Wildman–Crippen LogP) is 0.885. The number of nitrogens with one attached hydrogen (secondary N) is 1. The summed E-state index contributed by atoms with van der Waals surface area (Å²) in [5, 5.41) is 3.10. The minimum atomic E-state index is -0.135. The summed E-state index contributed by atoms with van der Waals surface area (Å²) in [4.78, 5) is 40.4. The van der Waals surface area contributed by atoms with Crippen LogP contribution in [0.3, 0.4) is 0 Å². The van der Waals surface area contributed by atoms with Gasteiger partial charge in [0.2, 0.25) is 11.8 Å². The molecular weight excluding hydrogens is 350 g/mol. The second kappa shape index (κ2) is 9.03. The molecule has 3 heterocycles. The van der Waals surface area contributed by atoms with Crippen molar-refractivity contribution in [3.8, 4) is 0 Å². The number of hydrogen-bond donors (Lipinski definition) is 1. The number of ether oxygens (including phenoxy) is 1. The van der Waals surface area contributed by atoms with Gasteiger partial charge in [-0.2, -0.15) is 0 Å². The van der Waals surface area contributed by atoms with Crippen LogP contribution in [0.2, 0.25) is 0 Å². The minimum absolute atomic E-state index is 0.0196. The molecule has 0 radical (unpaired) electrons. The van der Waals surface area contributed by atoms with Gasteiger partial charge >= 0.3 is 0 Å². The Morgan fingerprint density at radius 3 is 2.63 bits per heavy atom. The molecule has 148 valence electrons. The van der Waals surface area contributed by atoms with Gasteiger partial charge in [0.25, 0.3) is 5.91 Å². The molecule has 0 aromatic carbocycles. The van der Waals surface area contributed by atoms with E-state index >= 15 is 0 Å². The maximum atomic E-state index is 12.6. The molecule has 3 rings (SSSR count). The molecule has 0 unspecified atom stereocenters. The highest BCUT2D eigenvalue weighted by molar-refractivity contribution is 5.91. The summed E-state index contributed by atoms with van der Waals surface area (Å²) in [6.45, 7) is 2.41. The molecule has 2 aliphatic rings. The lowest BCUT2D eigenvalue weighted by Gasteiger charge is -2.35. The van der Waals surface area contributed by atoms with E-state index in [2.05, 4.69) is 5.32 Å². The molecule has 3 amide bonds. The van der Waals surface area contributed by atoms with Crippen LogP contribution in [0, 0.1) is 5.92 Å². The number of likely N-dealkylation sites (tertiary alicyclic amines) is 2. The molecule has 2 fully saturated rings. The first kappa shape index (κ1) is 19.4. The van der Waals surface area contributed by atoms with Gasteiger partial charge in [-0.3, -0.25) is 14.4 Å². The van der Waals surface area contributed by atoms with Crippen molar-refractivity contribution in [3.63, 3.8) is 0 Å². The monoisotopic (exact) mass is 377 g/mol. The molecule has 1 aromatic heterocycles. The molecule has 1 aromatic rings. The summed E-state index contributed by atoms with van der Waals surface area (Å²) in [7, 11) is 1.50. The SMILES string of the molecule is COCC(=O)N1CCC(C(=O)N[C@H]2CCCN(C(=O)c3ccco3)C2)CC1. The standard InChI is InChI=1S/C19H27N3O5/c1-26-13-17(23)21-9-6-14(7-10-21)18(24)20-15-4-2-8-22(12-15)19(25)16-5-3-11-27-16/h3,5,11,14-15H,2,4,6-10,12-13H2,1H3,(H,20,24)/t15-/m0/s1. The molecule has 8 nitrogen and oxygen atoms in total. The third-order valence-electron chi connectivity index (χ3n) is 5.27. The lowest BCUT2D eigenvalue weighted by Crippen LogP contribution is -2.52. The van der Waals surface area contributed by atoms with Gasteiger partial charge in [-0.15, -0.1) is 0 Å². The second-order valence-corrected chi connectivity index (χ2v) is 7.16. The number of carbonyl (C=O) groups excluding carboxylic acids is 3. The van der Waals surface area contributed by atoms with Crippen molar-refractivity contribution in [2.45, 2.75) is 31.7 Å². The van der Waals surface area contributed by atoms with Crippen molar-refractivity contribution in [3.05, 3.63) is 24.2 Å². The fraction of sp³-hybridized carbons (Fsp3) is 0.632. The summed E-state index contributed by atoms with van der Waals surface area (Å²) in [5.74, 6) is 0.0913. The van der Waals surface area contributed by atoms with Crippen molar-refractivity contribution in [2.75, 3.05) is 39.9 Å². The fourth-order valence-corrected chi connectivity index (χ4v) is 3.76. The summed E-state index contributed by atoms with van der Waals surface area (Å²) in [6, 6.07) is 3.31. The molecule has 0 spiro atoms. The average Bonchev–Trinajstić information content (AvgIpc) is 3.22. The minimum Gasteiger partial charge on any atom is -0.459 e. The van der Waals surface area contributed by atoms with Crippen LogP contribution in [0.4, 0.5) is 0 Å². The Bertz CT molecular complexity index is 652. The first-order valence-electron chi connectivity index (χ1n) is 9.48. The maximum Gasteiger partial charge on any atom is 0.289 e. The highest BCUT2D eigenvalue weighted by Gasteiger charge is 2.31. The van der Waals surface area contributed by atoms with E-state index in [0.717, 1.165) is 12.8 Å². The van der Waals surface area contributed by atoms with Gasteiger partial charge in [0.15, 0.2) is 5.76 Å². The molecule has 2 saturated heterocycles. The molecule has 1 atom stereocenters. The number of hydrogen-bond acceptors (Lipinski definition) is 5. The zero-order valence-electron chi connectivity index (χ0n) is 15.7. The van der Waals surface area contributed by atoms with E-state index in [1.807, 2.05) is 0 Å². The Morgan fingerprint density at radius 1 is 1.19 bits per heavy atom. The van der Waals surface area contributed by atoms with E-state index in [4.69, 9.17) is 9.15 Å². The van der Waals surface area contributed by atoms with Crippen molar-refractivity contribution in [1.29, 1.82) is 0 Å². The molecule has 0 saturated carbocycles.